The van der Waals surface area contributed by atoms with Gasteiger partial charge >= 0.3 is 5.97 Å². The molecule has 0 fully saturated rings. The van der Waals surface area contributed by atoms with E-state index in [-0.39, 0.29) is 5.49 Å². The monoisotopic (exact) mass is 194 g/mol. The molecule has 0 aromatic carbocycles. The smallest absolute Gasteiger partial charge is 0.371 e. The largest absolute Gasteiger partial charge is 0.475 e. The SMILES string of the molecule is CNc1ccc(=N)n(C(=N)C(=O)O)c1. The Hall–Kier alpha value is -2.11. The van der Waals surface area contributed by atoms with Gasteiger partial charge in [0.15, 0.2) is 0 Å². The molecule has 4 N–H and O–H groups in total. The quantitative estimate of drug-likeness (QED) is 0.371. The average molecular weight is 194 g/mol. The van der Waals surface area contributed by atoms with Gasteiger partial charge in [0.2, 0.25) is 5.84 Å². The molecule has 0 unspecified atom stereocenters. The van der Waals surface area contributed by atoms with Crippen LogP contribution in [0, 0.1) is 10.8 Å². The summed E-state index contributed by atoms with van der Waals surface area (Å²) in [5.41, 5.74) is 0.600. The van der Waals surface area contributed by atoms with Gasteiger partial charge in [-0.15, -0.1) is 0 Å². The van der Waals surface area contributed by atoms with E-state index in [0.717, 1.165) is 4.57 Å². The van der Waals surface area contributed by atoms with E-state index in [1.807, 2.05) is 0 Å². The Morgan fingerprint density at radius 3 is 2.71 bits per heavy atom. The highest BCUT2D eigenvalue weighted by Gasteiger charge is 2.09. The molecule has 0 bridgehead atoms. The van der Waals surface area contributed by atoms with Gasteiger partial charge in [-0.3, -0.25) is 15.4 Å². The van der Waals surface area contributed by atoms with Crippen LogP contribution in [-0.4, -0.2) is 28.5 Å². The van der Waals surface area contributed by atoms with Crippen LogP contribution in [0.5, 0.6) is 0 Å². The van der Waals surface area contributed by atoms with Crippen molar-refractivity contribution >= 4 is 17.5 Å². The third-order valence-electron chi connectivity index (χ3n) is 1.68. The number of carboxylic acids is 1. The van der Waals surface area contributed by atoms with Crippen molar-refractivity contribution in [3.63, 3.8) is 0 Å². The molecule has 74 valence electrons. The van der Waals surface area contributed by atoms with E-state index in [2.05, 4.69) is 5.32 Å². The Labute approximate surface area is 79.8 Å². The number of rotatable bonds is 1. The number of hydrogen-bond acceptors (Lipinski definition) is 4. The second-order valence-corrected chi connectivity index (χ2v) is 2.58. The van der Waals surface area contributed by atoms with Gasteiger partial charge in [0, 0.05) is 13.2 Å². The number of aliphatic carboxylic acids is 1. The molecule has 0 spiro atoms. The minimum atomic E-state index is -1.36. The molecule has 1 aromatic heterocycles. The fourth-order valence-corrected chi connectivity index (χ4v) is 0.937. The lowest BCUT2D eigenvalue weighted by atomic mass is 10.4. The van der Waals surface area contributed by atoms with Crippen LogP contribution in [0.15, 0.2) is 18.3 Å². The van der Waals surface area contributed by atoms with Crippen molar-refractivity contribution in [3.8, 4) is 0 Å². The van der Waals surface area contributed by atoms with Crippen molar-refractivity contribution in [2.75, 3.05) is 12.4 Å². The zero-order chi connectivity index (χ0) is 10.7. The molecular weight excluding hydrogens is 184 g/mol. The highest BCUT2D eigenvalue weighted by Crippen LogP contribution is 2.00. The van der Waals surface area contributed by atoms with Crippen LogP contribution >= 0.6 is 0 Å². The normalized spacial score (nSPS) is 9.50. The maximum Gasteiger partial charge on any atom is 0.371 e. The first-order valence-corrected chi connectivity index (χ1v) is 3.83. The van der Waals surface area contributed by atoms with Crippen molar-refractivity contribution in [1.29, 1.82) is 10.8 Å². The van der Waals surface area contributed by atoms with Crippen LogP contribution in [0.1, 0.15) is 0 Å². The van der Waals surface area contributed by atoms with E-state index in [4.69, 9.17) is 15.9 Å². The summed E-state index contributed by atoms with van der Waals surface area (Å²) in [6.07, 6.45) is 1.39. The third-order valence-corrected chi connectivity index (χ3v) is 1.68. The molecule has 1 aromatic rings. The second-order valence-electron chi connectivity index (χ2n) is 2.58. The van der Waals surface area contributed by atoms with E-state index in [1.54, 1.807) is 13.1 Å². The topological polar surface area (TPSA) is 102 Å². The standard InChI is InChI=1S/C8H10N4O2/c1-11-5-2-3-6(9)12(4-5)7(10)8(13)14/h2-4,9-11H,1H3,(H,13,14). The number of carboxylic acid groups (broad SMARTS) is 1. The number of hydrogen-bond donors (Lipinski definition) is 4. The number of nitrogens with zero attached hydrogens (tertiary/aromatic N) is 1. The first kappa shape index (κ1) is 9.97. The zero-order valence-corrected chi connectivity index (χ0v) is 7.53. The maximum atomic E-state index is 10.5. The first-order valence-electron chi connectivity index (χ1n) is 3.83. The van der Waals surface area contributed by atoms with Crippen molar-refractivity contribution in [2.24, 2.45) is 0 Å². The van der Waals surface area contributed by atoms with Gasteiger partial charge < -0.3 is 10.4 Å². The van der Waals surface area contributed by atoms with E-state index in [0.29, 0.717) is 5.69 Å². The molecule has 0 aliphatic carbocycles. The lowest BCUT2D eigenvalue weighted by molar-refractivity contribution is -0.129. The van der Waals surface area contributed by atoms with E-state index >= 15 is 0 Å². The molecule has 0 amide bonds. The maximum absolute atomic E-state index is 10.5. The summed E-state index contributed by atoms with van der Waals surface area (Å²) >= 11 is 0. The average Bonchev–Trinajstić information content (AvgIpc) is 2.17. The predicted octanol–water partition coefficient (Wildman–Crippen LogP) is -0.0808. The molecule has 0 saturated heterocycles. The van der Waals surface area contributed by atoms with E-state index < -0.39 is 11.8 Å². The zero-order valence-electron chi connectivity index (χ0n) is 7.53. The number of pyridine rings is 1. The van der Waals surface area contributed by atoms with Crippen LogP contribution < -0.4 is 10.8 Å². The molecule has 6 nitrogen and oxygen atoms in total. The fraction of sp³-hybridized carbons (Fsp3) is 0.125. The van der Waals surface area contributed by atoms with Crippen LogP contribution in [0.3, 0.4) is 0 Å². The lowest BCUT2D eigenvalue weighted by Gasteiger charge is -2.06. The van der Waals surface area contributed by atoms with Crippen LogP contribution in [0.25, 0.3) is 0 Å². The van der Waals surface area contributed by atoms with Crippen LogP contribution in [0.4, 0.5) is 5.69 Å². The summed E-state index contributed by atoms with van der Waals surface area (Å²) in [5.74, 6) is -2.01. The third kappa shape index (κ3) is 1.79. The number of nitrogens with one attached hydrogen (secondary N) is 3. The highest BCUT2D eigenvalue weighted by molar-refractivity contribution is 6.33. The van der Waals surface area contributed by atoms with Gasteiger partial charge in [-0.05, 0) is 12.1 Å². The molecule has 14 heavy (non-hydrogen) atoms. The Morgan fingerprint density at radius 2 is 2.21 bits per heavy atom. The van der Waals surface area contributed by atoms with Crippen molar-refractivity contribution in [2.45, 2.75) is 0 Å². The van der Waals surface area contributed by atoms with E-state index in [1.165, 1.54) is 12.3 Å². The first-order chi connectivity index (χ1) is 6.56. The number of aromatic nitrogens is 1. The molecule has 0 aliphatic rings. The molecule has 0 atom stereocenters. The summed E-state index contributed by atoms with van der Waals surface area (Å²) in [4.78, 5) is 10.5. The van der Waals surface area contributed by atoms with Crippen molar-refractivity contribution < 1.29 is 9.90 Å². The van der Waals surface area contributed by atoms with Gasteiger partial charge in [0.25, 0.3) is 0 Å². The highest BCUT2D eigenvalue weighted by atomic mass is 16.4. The Kier molecular flexibility index (Phi) is 2.66. The molecule has 0 aliphatic heterocycles. The summed E-state index contributed by atoms with van der Waals surface area (Å²) in [6.45, 7) is 0. The Balaban J connectivity index is 3.26. The molecule has 0 radical (unpaired) electrons. The molecule has 0 saturated carbocycles. The number of anilines is 1. The van der Waals surface area contributed by atoms with Crippen LogP contribution in [0.2, 0.25) is 0 Å². The van der Waals surface area contributed by atoms with Gasteiger partial charge in [-0.2, -0.15) is 0 Å². The van der Waals surface area contributed by atoms with Gasteiger partial charge in [-0.1, -0.05) is 0 Å². The lowest BCUT2D eigenvalue weighted by Crippen LogP contribution is -2.31. The Bertz CT molecular complexity index is 435. The predicted molar refractivity (Wildman–Crippen MR) is 50.6 cm³/mol. The minimum Gasteiger partial charge on any atom is -0.475 e. The fourth-order valence-electron chi connectivity index (χ4n) is 0.937. The summed E-state index contributed by atoms with van der Waals surface area (Å²) < 4.78 is 0.980. The van der Waals surface area contributed by atoms with E-state index in [9.17, 15) is 4.79 Å². The van der Waals surface area contributed by atoms with Gasteiger partial charge in [-0.25, -0.2) is 4.79 Å². The minimum absolute atomic E-state index is 0.0450. The summed E-state index contributed by atoms with van der Waals surface area (Å²) in [6, 6.07) is 3.05. The van der Waals surface area contributed by atoms with Crippen LogP contribution in [-0.2, 0) is 4.79 Å². The van der Waals surface area contributed by atoms with Crippen molar-refractivity contribution in [3.05, 3.63) is 23.8 Å². The van der Waals surface area contributed by atoms with Gasteiger partial charge in [0.05, 0.1) is 5.69 Å². The molecule has 6 heteroatoms. The van der Waals surface area contributed by atoms with Crippen molar-refractivity contribution in [1.82, 2.24) is 4.57 Å². The molecule has 1 heterocycles. The summed E-state index contributed by atoms with van der Waals surface area (Å²) in [5, 5.41) is 26.0. The van der Waals surface area contributed by atoms with Gasteiger partial charge in [0.1, 0.15) is 5.49 Å². The molecule has 1 rings (SSSR count). The summed E-state index contributed by atoms with van der Waals surface area (Å²) in [7, 11) is 1.67. The Morgan fingerprint density at radius 1 is 1.57 bits per heavy atom. The second kappa shape index (κ2) is 3.73. The number of carbonyl (C=O) groups is 1. The molecular formula is C8H10N4O2.